The molecule has 0 aliphatic rings. The second kappa shape index (κ2) is 6.45. The fourth-order valence-electron chi connectivity index (χ4n) is 1.71. The van der Waals surface area contributed by atoms with Crippen LogP contribution in [0, 0.1) is 6.92 Å². The fraction of sp³-hybridized carbons (Fsp3) is 0.286. The lowest BCUT2D eigenvalue weighted by Gasteiger charge is -2.05. The number of carbonyl (C=O) groups excluding carboxylic acids is 1. The summed E-state index contributed by atoms with van der Waals surface area (Å²) in [4.78, 5) is 16.0. The van der Waals surface area contributed by atoms with Crippen molar-refractivity contribution in [2.75, 3.05) is 11.9 Å². The minimum atomic E-state index is 0.00250. The van der Waals surface area contributed by atoms with Crippen molar-refractivity contribution in [3.05, 3.63) is 34.7 Å². The maximum Gasteiger partial charge on any atom is 0.224 e. The van der Waals surface area contributed by atoms with Crippen molar-refractivity contribution in [1.29, 1.82) is 0 Å². The van der Waals surface area contributed by atoms with Crippen LogP contribution in [0.3, 0.4) is 0 Å². The summed E-state index contributed by atoms with van der Waals surface area (Å²) in [5.41, 5.74) is 8.21. The molecule has 1 heterocycles. The first kappa shape index (κ1) is 13.7. The predicted molar refractivity (Wildman–Crippen MR) is 79.2 cm³/mol. The predicted octanol–water partition coefficient (Wildman–Crippen LogP) is 2.80. The Bertz CT molecular complexity index is 548. The third-order valence-corrected chi connectivity index (χ3v) is 3.46. The molecule has 0 unspecified atom stereocenters. The summed E-state index contributed by atoms with van der Waals surface area (Å²) >= 11 is 1.63. The van der Waals surface area contributed by atoms with E-state index in [-0.39, 0.29) is 5.91 Å². The SMILES string of the molecule is Cc1nc(-c2ccc(NC(=O)CCCN)cc2)cs1. The van der Waals surface area contributed by atoms with Crippen LogP contribution >= 0.6 is 11.3 Å². The molecule has 0 saturated carbocycles. The number of thiazole rings is 1. The molecular formula is C14H17N3OS. The van der Waals surface area contributed by atoms with Gasteiger partial charge in [-0.05, 0) is 32.0 Å². The molecule has 19 heavy (non-hydrogen) atoms. The summed E-state index contributed by atoms with van der Waals surface area (Å²) < 4.78 is 0. The highest BCUT2D eigenvalue weighted by Crippen LogP contribution is 2.23. The summed E-state index contributed by atoms with van der Waals surface area (Å²) in [6, 6.07) is 7.72. The van der Waals surface area contributed by atoms with Crippen LogP contribution in [0.1, 0.15) is 17.8 Å². The maximum absolute atomic E-state index is 11.6. The molecule has 2 aromatic rings. The second-order valence-electron chi connectivity index (χ2n) is 4.27. The zero-order valence-corrected chi connectivity index (χ0v) is 11.7. The number of anilines is 1. The van der Waals surface area contributed by atoms with E-state index in [0.717, 1.165) is 22.0 Å². The van der Waals surface area contributed by atoms with Gasteiger partial charge < -0.3 is 11.1 Å². The van der Waals surface area contributed by atoms with Crippen molar-refractivity contribution < 1.29 is 4.79 Å². The first-order chi connectivity index (χ1) is 9.19. The van der Waals surface area contributed by atoms with Gasteiger partial charge in [-0.3, -0.25) is 4.79 Å². The van der Waals surface area contributed by atoms with Gasteiger partial charge in [0.15, 0.2) is 0 Å². The number of benzene rings is 1. The molecule has 0 spiro atoms. The van der Waals surface area contributed by atoms with Gasteiger partial charge in [-0.25, -0.2) is 4.98 Å². The second-order valence-corrected chi connectivity index (χ2v) is 5.33. The number of hydrogen-bond acceptors (Lipinski definition) is 4. The van der Waals surface area contributed by atoms with E-state index in [4.69, 9.17) is 5.73 Å². The van der Waals surface area contributed by atoms with Crippen LogP contribution in [0.15, 0.2) is 29.6 Å². The Morgan fingerprint density at radius 3 is 2.68 bits per heavy atom. The van der Waals surface area contributed by atoms with Gasteiger partial charge in [0.25, 0.3) is 0 Å². The lowest BCUT2D eigenvalue weighted by molar-refractivity contribution is -0.116. The smallest absolute Gasteiger partial charge is 0.224 e. The molecule has 1 aromatic heterocycles. The normalized spacial score (nSPS) is 10.4. The molecular weight excluding hydrogens is 258 g/mol. The largest absolute Gasteiger partial charge is 0.330 e. The highest BCUT2D eigenvalue weighted by atomic mass is 32.1. The quantitative estimate of drug-likeness (QED) is 0.881. The van der Waals surface area contributed by atoms with Gasteiger partial charge in [-0.15, -0.1) is 11.3 Å². The summed E-state index contributed by atoms with van der Waals surface area (Å²) in [7, 11) is 0. The molecule has 100 valence electrons. The molecule has 1 aromatic carbocycles. The Morgan fingerprint density at radius 1 is 1.37 bits per heavy atom. The molecule has 5 heteroatoms. The third kappa shape index (κ3) is 3.87. The Kier molecular flexibility index (Phi) is 4.65. The fourth-order valence-corrected chi connectivity index (χ4v) is 2.33. The molecule has 0 saturated heterocycles. The minimum absolute atomic E-state index is 0.00250. The number of nitrogens with zero attached hydrogens (tertiary/aromatic N) is 1. The van der Waals surface area contributed by atoms with E-state index in [1.807, 2.05) is 36.6 Å². The lowest BCUT2D eigenvalue weighted by atomic mass is 10.1. The van der Waals surface area contributed by atoms with E-state index in [0.29, 0.717) is 19.4 Å². The highest BCUT2D eigenvalue weighted by Gasteiger charge is 2.04. The average molecular weight is 275 g/mol. The van der Waals surface area contributed by atoms with Gasteiger partial charge >= 0.3 is 0 Å². The molecule has 3 N–H and O–H groups in total. The minimum Gasteiger partial charge on any atom is -0.330 e. The maximum atomic E-state index is 11.6. The van der Waals surface area contributed by atoms with Gasteiger partial charge in [0.1, 0.15) is 0 Å². The average Bonchev–Trinajstić information content (AvgIpc) is 2.84. The molecule has 1 amide bonds. The van der Waals surface area contributed by atoms with Gasteiger partial charge in [-0.1, -0.05) is 12.1 Å². The molecule has 0 aliphatic heterocycles. The summed E-state index contributed by atoms with van der Waals surface area (Å²) in [6.07, 6.45) is 1.17. The number of hydrogen-bond donors (Lipinski definition) is 2. The van der Waals surface area contributed by atoms with Crippen molar-refractivity contribution in [3.63, 3.8) is 0 Å². The van der Waals surface area contributed by atoms with Crippen molar-refractivity contribution in [2.24, 2.45) is 5.73 Å². The number of nitrogens with one attached hydrogen (secondary N) is 1. The topological polar surface area (TPSA) is 68.0 Å². The third-order valence-electron chi connectivity index (χ3n) is 2.69. The number of aromatic nitrogens is 1. The lowest BCUT2D eigenvalue weighted by Crippen LogP contribution is -2.13. The molecule has 0 aliphatic carbocycles. The van der Waals surface area contributed by atoms with Crippen LogP contribution in [0.4, 0.5) is 5.69 Å². The number of carbonyl (C=O) groups is 1. The van der Waals surface area contributed by atoms with E-state index in [1.54, 1.807) is 11.3 Å². The van der Waals surface area contributed by atoms with Crippen LogP contribution < -0.4 is 11.1 Å². The van der Waals surface area contributed by atoms with Crippen molar-refractivity contribution in [3.8, 4) is 11.3 Å². The molecule has 0 fully saturated rings. The Morgan fingerprint density at radius 2 is 2.11 bits per heavy atom. The summed E-state index contributed by atoms with van der Waals surface area (Å²) in [5.74, 6) is 0.00250. The number of aryl methyl sites for hydroxylation is 1. The van der Waals surface area contributed by atoms with E-state index >= 15 is 0 Å². The van der Waals surface area contributed by atoms with Crippen molar-refractivity contribution >= 4 is 22.9 Å². The Labute approximate surface area is 116 Å². The van der Waals surface area contributed by atoms with Crippen LogP contribution in [0.5, 0.6) is 0 Å². The molecule has 0 radical (unpaired) electrons. The first-order valence-electron chi connectivity index (χ1n) is 6.21. The van der Waals surface area contributed by atoms with Gasteiger partial charge in [0.05, 0.1) is 10.7 Å². The standard InChI is InChI=1S/C14H17N3OS/c1-10-16-13(9-19-10)11-4-6-12(7-5-11)17-14(18)3-2-8-15/h4-7,9H,2-3,8,15H2,1H3,(H,17,18). The molecule has 0 bridgehead atoms. The molecule has 0 atom stereocenters. The van der Waals surface area contributed by atoms with E-state index in [2.05, 4.69) is 10.3 Å². The van der Waals surface area contributed by atoms with Crippen LogP contribution in [0.25, 0.3) is 11.3 Å². The molecule has 2 rings (SSSR count). The number of rotatable bonds is 5. The Balaban J connectivity index is 2.00. The first-order valence-corrected chi connectivity index (χ1v) is 7.09. The Hall–Kier alpha value is -1.72. The van der Waals surface area contributed by atoms with Gasteiger partial charge in [0.2, 0.25) is 5.91 Å². The van der Waals surface area contributed by atoms with E-state index in [1.165, 1.54) is 0 Å². The zero-order chi connectivity index (χ0) is 13.7. The van der Waals surface area contributed by atoms with Crippen LogP contribution in [-0.4, -0.2) is 17.4 Å². The number of amides is 1. The van der Waals surface area contributed by atoms with Crippen molar-refractivity contribution in [1.82, 2.24) is 4.98 Å². The van der Waals surface area contributed by atoms with Crippen molar-refractivity contribution in [2.45, 2.75) is 19.8 Å². The van der Waals surface area contributed by atoms with E-state index < -0.39 is 0 Å². The van der Waals surface area contributed by atoms with Crippen LogP contribution in [0.2, 0.25) is 0 Å². The monoisotopic (exact) mass is 275 g/mol. The van der Waals surface area contributed by atoms with Crippen LogP contribution in [-0.2, 0) is 4.79 Å². The number of nitrogens with two attached hydrogens (primary N) is 1. The summed E-state index contributed by atoms with van der Waals surface area (Å²) in [5, 5.41) is 5.93. The van der Waals surface area contributed by atoms with E-state index in [9.17, 15) is 4.79 Å². The molecule has 4 nitrogen and oxygen atoms in total. The highest BCUT2D eigenvalue weighted by molar-refractivity contribution is 7.09. The summed E-state index contributed by atoms with van der Waals surface area (Å²) in [6.45, 7) is 2.52. The van der Waals surface area contributed by atoms with Gasteiger partial charge in [-0.2, -0.15) is 0 Å². The zero-order valence-electron chi connectivity index (χ0n) is 10.8. The van der Waals surface area contributed by atoms with Gasteiger partial charge in [0, 0.05) is 23.1 Å².